The minimum absolute atomic E-state index is 0.304. The highest BCUT2D eigenvalue weighted by Gasteiger charge is 2.21. The second-order valence-corrected chi connectivity index (χ2v) is 4.96. The first-order chi connectivity index (χ1) is 7.78. The Morgan fingerprint density at radius 2 is 2.19 bits per heavy atom. The number of aliphatic imine (C=N–C) groups is 1. The lowest BCUT2D eigenvalue weighted by Gasteiger charge is -2.25. The minimum Gasteiger partial charge on any atom is -0.356 e. The second-order valence-electron chi connectivity index (χ2n) is 4.96. The van der Waals surface area contributed by atoms with Gasteiger partial charge in [-0.25, -0.2) is 0 Å². The van der Waals surface area contributed by atoms with E-state index in [0.29, 0.717) is 17.9 Å². The quantitative estimate of drug-likeness (QED) is 0.736. The third-order valence-electron chi connectivity index (χ3n) is 3.49. The molecule has 1 atom stereocenters. The minimum atomic E-state index is 0.304. The van der Waals surface area contributed by atoms with Crippen molar-refractivity contribution in [2.24, 2.45) is 16.8 Å². The fraction of sp³-hybridized carbons (Fsp3) is 0.833. The van der Waals surface area contributed by atoms with Gasteiger partial charge in [0.25, 0.3) is 0 Å². The number of hydrogen-bond acceptors (Lipinski definition) is 4. The van der Waals surface area contributed by atoms with Gasteiger partial charge in [-0.3, -0.25) is 4.99 Å². The van der Waals surface area contributed by atoms with Crippen molar-refractivity contribution in [1.29, 1.82) is 5.26 Å². The third kappa shape index (κ3) is 2.88. The highest BCUT2D eigenvalue weighted by molar-refractivity contribution is 5.81. The molecule has 4 heteroatoms. The number of nitrogens with one attached hydrogen (secondary N) is 2. The van der Waals surface area contributed by atoms with Crippen LogP contribution in [0.5, 0.6) is 0 Å². The molecule has 4 nitrogen and oxygen atoms in total. The lowest BCUT2D eigenvalue weighted by molar-refractivity contribution is 0.314. The Bertz CT molecular complexity index is 297. The predicted molar refractivity (Wildman–Crippen MR) is 64.0 cm³/mol. The van der Waals surface area contributed by atoms with Crippen molar-refractivity contribution in [2.75, 3.05) is 13.1 Å². The zero-order chi connectivity index (χ0) is 11.4. The van der Waals surface area contributed by atoms with E-state index >= 15 is 0 Å². The van der Waals surface area contributed by atoms with Crippen LogP contribution in [0.4, 0.5) is 0 Å². The molecule has 0 bridgehead atoms. The van der Waals surface area contributed by atoms with Crippen molar-refractivity contribution in [1.82, 2.24) is 10.6 Å². The highest BCUT2D eigenvalue weighted by atomic mass is 15.2. The average molecular weight is 220 g/mol. The zero-order valence-corrected chi connectivity index (χ0v) is 9.87. The summed E-state index contributed by atoms with van der Waals surface area (Å²) >= 11 is 0. The Hall–Kier alpha value is -1.24. The van der Waals surface area contributed by atoms with Crippen LogP contribution in [0.25, 0.3) is 0 Å². The van der Waals surface area contributed by atoms with Gasteiger partial charge in [0.2, 0.25) is 0 Å². The molecule has 1 unspecified atom stereocenters. The lowest BCUT2D eigenvalue weighted by atomic mass is 9.83. The molecule has 88 valence electrons. The average Bonchev–Trinajstić information content (AvgIpc) is 2.73. The molecule has 0 radical (unpaired) electrons. The third-order valence-corrected chi connectivity index (χ3v) is 3.49. The lowest BCUT2D eigenvalue weighted by Crippen LogP contribution is -2.40. The van der Waals surface area contributed by atoms with Crippen LogP contribution in [0.2, 0.25) is 0 Å². The summed E-state index contributed by atoms with van der Waals surface area (Å²) in [6.45, 7) is 4.01. The van der Waals surface area contributed by atoms with Gasteiger partial charge in [-0.2, -0.15) is 5.26 Å². The van der Waals surface area contributed by atoms with Crippen LogP contribution in [0, 0.1) is 23.2 Å². The largest absolute Gasteiger partial charge is 0.356 e. The van der Waals surface area contributed by atoms with Gasteiger partial charge in [-0.05, 0) is 38.5 Å². The number of nitrogens with zero attached hydrogens (tertiary/aromatic N) is 2. The Labute approximate surface area is 97.1 Å². The molecule has 2 aliphatic rings. The molecule has 0 amide bonds. The van der Waals surface area contributed by atoms with Crippen LogP contribution >= 0.6 is 0 Å². The number of hydrogen-bond donors (Lipinski definition) is 2. The summed E-state index contributed by atoms with van der Waals surface area (Å²) in [5.74, 6) is 1.97. The number of rotatable bonds is 2. The van der Waals surface area contributed by atoms with Crippen molar-refractivity contribution < 1.29 is 0 Å². The van der Waals surface area contributed by atoms with E-state index in [9.17, 15) is 0 Å². The molecule has 1 saturated carbocycles. The van der Waals surface area contributed by atoms with E-state index in [-0.39, 0.29) is 0 Å². The van der Waals surface area contributed by atoms with Crippen LogP contribution < -0.4 is 10.6 Å². The van der Waals surface area contributed by atoms with Crippen molar-refractivity contribution in [3.8, 4) is 6.07 Å². The molecule has 0 aromatic rings. The number of nitriles is 1. The Morgan fingerprint density at radius 1 is 1.44 bits per heavy atom. The molecule has 0 aromatic carbocycles. The second kappa shape index (κ2) is 5.20. The van der Waals surface area contributed by atoms with Gasteiger partial charge in [0.15, 0.2) is 5.96 Å². The maximum atomic E-state index is 8.81. The summed E-state index contributed by atoms with van der Waals surface area (Å²) in [7, 11) is 0. The summed E-state index contributed by atoms with van der Waals surface area (Å²) in [6.07, 6.45) is 4.49. The first kappa shape index (κ1) is 11.3. The van der Waals surface area contributed by atoms with Crippen LogP contribution in [-0.2, 0) is 0 Å². The van der Waals surface area contributed by atoms with E-state index in [1.54, 1.807) is 0 Å². The van der Waals surface area contributed by atoms with E-state index in [0.717, 1.165) is 31.9 Å². The zero-order valence-electron chi connectivity index (χ0n) is 9.87. The van der Waals surface area contributed by atoms with E-state index in [2.05, 4.69) is 28.6 Å². The van der Waals surface area contributed by atoms with Gasteiger partial charge in [0.05, 0.1) is 12.6 Å². The molecule has 1 heterocycles. The molecule has 1 aliphatic heterocycles. The van der Waals surface area contributed by atoms with Gasteiger partial charge < -0.3 is 10.6 Å². The molecular weight excluding hydrogens is 200 g/mol. The van der Waals surface area contributed by atoms with E-state index in [4.69, 9.17) is 5.26 Å². The standard InChI is InChI=1S/C12H20N4/c1-9-7-14-12(16-9)15-8-11-4-2-10(6-13)3-5-11/h9-11H,2-5,7-8H2,1H3,(H2,14,15,16). The smallest absolute Gasteiger partial charge is 0.191 e. The topological polar surface area (TPSA) is 60.2 Å². The van der Waals surface area contributed by atoms with Gasteiger partial charge in [0, 0.05) is 18.5 Å². The first-order valence-electron chi connectivity index (χ1n) is 6.22. The Kier molecular flexibility index (Phi) is 3.66. The molecule has 0 spiro atoms. The van der Waals surface area contributed by atoms with Crippen LogP contribution in [-0.4, -0.2) is 25.1 Å². The maximum Gasteiger partial charge on any atom is 0.191 e. The molecule has 1 aliphatic carbocycles. The summed E-state index contributed by atoms with van der Waals surface area (Å²) in [5, 5.41) is 15.5. The molecular formula is C12H20N4. The van der Waals surface area contributed by atoms with Crippen LogP contribution in [0.15, 0.2) is 4.99 Å². The Morgan fingerprint density at radius 3 is 2.75 bits per heavy atom. The summed E-state index contributed by atoms with van der Waals surface area (Å²) in [5.41, 5.74) is 0. The Balaban J connectivity index is 1.66. The molecule has 0 aromatic heterocycles. The molecule has 2 rings (SSSR count). The van der Waals surface area contributed by atoms with Crippen molar-refractivity contribution in [2.45, 2.75) is 38.6 Å². The fourth-order valence-electron chi connectivity index (χ4n) is 2.40. The summed E-state index contributed by atoms with van der Waals surface area (Å²) in [6, 6.07) is 2.84. The van der Waals surface area contributed by atoms with Crippen molar-refractivity contribution >= 4 is 5.96 Å². The van der Waals surface area contributed by atoms with Gasteiger partial charge >= 0.3 is 0 Å². The van der Waals surface area contributed by atoms with E-state index in [1.165, 1.54) is 12.8 Å². The molecule has 16 heavy (non-hydrogen) atoms. The van der Waals surface area contributed by atoms with Crippen molar-refractivity contribution in [3.05, 3.63) is 0 Å². The molecule has 0 saturated heterocycles. The van der Waals surface area contributed by atoms with E-state index < -0.39 is 0 Å². The van der Waals surface area contributed by atoms with Gasteiger partial charge in [-0.1, -0.05) is 0 Å². The van der Waals surface area contributed by atoms with Crippen molar-refractivity contribution in [3.63, 3.8) is 0 Å². The first-order valence-corrected chi connectivity index (χ1v) is 6.22. The van der Waals surface area contributed by atoms with Crippen LogP contribution in [0.3, 0.4) is 0 Å². The molecule has 2 N–H and O–H groups in total. The number of guanidine groups is 1. The maximum absolute atomic E-state index is 8.81. The van der Waals surface area contributed by atoms with Gasteiger partial charge in [0.1, 0.15) is 0 Å². The monoisotopic (exact) mass is 220 g/mol. The highest BCUT2D eigenvalue weighted by Crippen LogP contribution is 2.27. The van der Waals surface area contributed by atoms with Crippen LogP contribution in [0.1, 0.15) is 32.6 Å². The summed E-state index contributed by atoms with van der Waals surface area (Å²) < 4.78 is 0. The predicted octanol–water partition coefficient (Wildman–Crippen LogP) is 1.25. The normalized spacial score (nSPS) is 33.8. The fourth-order valence-corrected chi connectivity index (χ4v) is 2.40. The molecule has 1 fully saturated rings. The van der Waals surface area contributed by atoms with Gasteiger partial charge in [-0.15, -0.1) is 0 Å². The van der Waals surface area contributed by atoms with E-state index in [1.807, 2.05) is 0 Å². The summed E-state index contributed by atoms with van der Waals surface area (Å²) in [4.78, 5) is 4.37. The SMILES string of the molecule is CC1CN=C(NCC2CCC(C#N)CC2)N1.